The van der Waals surface area contributed by atoms with E-state index < -0.39 is 5.60 Å². The lowest BCUT2D eigenvalue weighted by Crippen LogP contribution is -2.39. The van der Waals surface area contributed by atoms with Crippen molar-refractivity contribution >= 4 is 17.3 Å². The molecule has 1 fully saturated rings. The van der Waals surface area contributed by atoms with Crippen molar-refractivity contribution in [3.8, 4) is 0 Å². The van der Waals surface area contributed by atoms with E-state index in [1.807, 2.05) is 20.8 Å². The number of ether oxygens (including phenoxy) is 1. The van der Waals surface area contributed by atoms with Gasteiger partial charge >= 0.3 is 5.97 Å². The molecule has 0 radical (unpaired) electrons. The molecule has 1 atom stereocenters. The van der Waals surface area contributed by atoms with E-state index in [-0.39, 0.29) is 12.0 Å². The van der Waals surface area contributed by atoms with Gasteiger partial charge in [-0.25, -0.2) is 0 Å². The molecule has 0 amide bonds. The van der Waals surface area contributed by atoms with E-state index in [1.54, 1.807) is 11.3 Å². The van der Waals surface area contributed by atoms with Crippen LogP contribution in [0.4, 0.5) is 0 Å². The zero-order chi connectivity index (χ0) is 13.2. The summed E-state index contributed by atoms with van der Waals surface area (Å²) in [5, 5.41) is 2.08. The highest BCUT2D eigenvalue weighted by Gasteiger charge is 2.33. The van der Waals surface area contributed by atoms with Gasteiger partial charge in [-0.05, 0) is 51.6 Å². The van der Waals surface area contributed by atoms with Gasteiger partial charge in [0.25, 0.3) is 0 Å². The molecule has 0 aromatic carbocycles. The van der Waals surface area contributed by atoms with Crippen molar-refractivity contribution in [1.29, 1.82) is 0 Å². The molecule has 3 nitrogen and oxygen atoms in total. The number of hydrogen-bond donors (Lipinski definition) is 0. The van der Waals surface area contributed by atoms with Gasteiger partial charge in [0.05, 0.1) is 0 Å². The van der Waals surface area contributed by atoms with Crippen LogP contribution in [-0.4, -0.2) is 29.1 Å². The van der Waals surface area contributed by atoms with Gasteiger partial charge in [0.2, 0.25) is 0 Å². The molecule has 100 valence electrons. The minimum Gasteiger partial charge on any atom is -0.459 e. The second-order valence-electron chi connectivity index (χ2n) is 5.74. The van der Waals surface area contributed by atoms with E-state index in [2.05, 4.69) is 22.4 Å². The van der Waals surface area contributed by atoms with E-state index in [9.17, 15) is 4.79 Å². The minimum atomic E-state index is -0.395. The standard InChI is InChI=1S/C14H21NO2S/c1-14(2,3)17-13(16)12-7-4-8-15(12)10-11-6-5-9-18-11/h5-6,9,12H,4,7-8,10H2,1-3H3/t12-/m0/s1. The molecule has 2 heterocycles. The summed E-state index contributed by atoms with van der Waals surface area (Å²) in [6, 6.07) is 4.11. The number of hydrogen-bond acceptors (Lipinski definition) is 4. The van der Waals surface area contributed by atoms with Crippen molar-refractivity contribution in [2.45, 2.75) is 51.8 Å². The summed E-state index contributed by atoms with van der Waals surface area (Å²) in [5.41, 5.74) is -0.395. The molecule has 0 bridgehead atoms. The highest BCUT2D eigenvalue weighted by molar-refractivity contribution is 7.09. The van der Waals surface area contributed by atoms with E-state index in [0.29, 0.717) is 0 Å². The summed E-state index contributed by atoms with van der Waals surface area (Å²) >= 11 is 1.74. The second kappa shape index (κ2) is 5.41. The number of nitrogens with zero attached hydrogens (tertiary/aromatic N) is 1. The number of likely N-dealkylation sites (tertiary alicyclic amines) is 1. The third-order valence-electron chi connectivity index (χ3n) is 2.98. The topological polar surface area (TPSA) is 29.5 Å². The summed E-state index contributed by atoms with van der Waals surface area (Å²) in [6.45, 7) is 7.61. The quantitative estimate of drug-likeness (QED) is 0.788. The SMILES string of the molecule is CC(C)(C)OC(=O)[C@@H]1CCCN1Cc1cccs1. The summed E-state index contributed by atoms with van der Waals surface area (Å²) in [4.78, 5) is 15.7. The molecule has 1 saturated heterocycles. The molecule has 0 spiro atoms. The van der Waals surface area contributed by atoms with E-state index in [1.165, 1.54) is 4.88 Å². The van der Waals surface area contributed by atoms with Crippen LogP contribution in [0.2, 0.25) is 0 Å². The van der Waals surface area contributed by atoms with Gasteiger partial charge in [0.1, 0.15) is 11.6 Å². The lowest BCUT2D eigenvalue weighted by molar-refractivity contribution is -0.160. The summed E-state index contributed by atoms with van der Waals surface area (Å²) < 4.78 is 5.49. The first-order chi connectivity index (χ1) is 8.46. The van der Waals surface area contributed by atoms with Crippen molar-refractivity contribution in [1.82, 2.24) is 4.90 Å². The Balaban J connectivity index is 1.97. The zero-order valence-electron chi connectivity index (χ0n) is 11.3. The number of rotatable bonds is 3. The normalized spacial score (nSPS) is 21.2. The Hall–Kier alpha value is -0.870. The van der Waals surface area contributed by atoms with Crippen molar-refractivity contribution in [3.63, 3.8) is 0 Å². The minimum absolute atomic E-state index is 0.0636. The van der Waals surface area contributed by atoms with E-state index in [0.717, 1.165) is 25.9 Å². The van der Waals surface area contributed by atoms with E-state index in [4.69, 9.17) is 4.74 Å². The summed E-state index contributed by atoms with van der Waals surface area (Å²) in [6.07, 6.45) is 2.00. The maximum atomic E-state index is 12.1. The van der Waals surface area contributed by atoms with Crippen LogP contribution in [0.15, 0.2) is 17.5 Å². The van der Waals surface area contributed by atoms with Crippen LogP contribution in [0.3, 0.4) is 0 Å². The first-order valence-corrected chi connectivity index (χ1v) is 7.33. The fraction of sp³-hybridized carbons (Fsp3) is 0.643. The van der Waals surface area contributed by atoms with Gasteiger partial charge in [-0.15, -0.1) is 11.3 Å². The molecular weight excluding hydrogens is 246 g/mol. The molecule has 0 N–H and O–H groups in total. The number of carbonyl (C=O) groups excluding carboxylic acids is 1. The third-order valence-corrected chi connectivity index (χ3v) is 3.84. The third kappa shape index (κ3) is 3.56. The smallest absolute Gasteiger partial charge is 0.323 e. The van der Waals surface area contributed by atoms with Crippen molar-refractivity contribution < 1.29 is 9.53 Å². The average molecular weight is 267 g/mol. The first kappa shape index (κ1) is 13.6. The van der Waals surface area contributed by atoms with Gasteiger partial charge in [0.15, 0.2) is 0 Å². The van der Waals surface area contributed by atoms with Crippen LogP contribution in [-0.2, 0) is 16.1 Å². The number of esters is 1. The predicted molar refractivity (Wildman–Crippen MR) is 73.6 cm³/mol. The van der Waals surface area contributed by atoms with Crippen molar-refractivity contribution in [3.05, 3.63) is 22.4 Å². The fourth-order valence-corrected chi connectivity index (χ4v) is 2.98. The Morgan fingerprint density at radius 3 is 2.94 bits per heavy atom. The highest BCUT2D eigenvalue weighted by Crippen LogP contribution is 2.24. The average Bonchev–Trinajstić information content (AvgIpc) is 2.86. The van der Waals surface area contributed by atoms with Crippen LogP contribution >= 0.6 is 11.3 Å². The first-order valence-electron chi connectivity index (χ1n) is 6.45. The van der Waals surface area contributed by atoms with Gasteiger partial charge in [-0.2, -0.15) is 0 Å². The number of thiophene rings is 1. The molecular formula is C14H21NO2S. The molecule has 0 unspecified atom stereocenters. The lowest BCUT2D eigenvalue weighted by atomic mass is 10.1. The van der Waals surface area contributed by atoms with Crippen LogP contribution in [0.5, 0.6) is 0 Å². The summed E-state index contributed by atoms with van der Waals surface area (Å²) in [7, 11) is 0. The van der Waals surface area contributed by atoms with Gasteiger partial charge < -0.3 is 4.74 Å². The van der Waals surface area contributed by atoms with Crippen molar-refractivity contribution in [2.24, 2.45) is 0 Å². The Kier molecular flexibility index (Phi) is 4.07. The predicted octanol–water partition coefficient (Wildman–Crippen LogP) is 3.05. The van der Waals surface area contributed by atoms with Gasteiger partial charge in [-0.1, -0.05) is 6.07 Å². The molecule has 0 aliphatic carbocycles. The van der Waals surface area contributed by atoms with E-state index >= 15 is 0 Å². The largest absolute Gasteiger partial charge is 0.459 e. The fourth-order valence-electron chi connectivity index (χ4n) is 2.25. The summed E-state index contributed by atoms with van der Waals surface area (Å²) in [5.74, 6) is -0.0726. The molecule has 1 aromatic heterocycles. The molecule has 1 aliphatic rings. The molecule has 18 heavy (non-hydrogen) atoms. The second-order valence-corrected chi connectivity index (χ2v) is 6.77. The Morgan fingerprint density at radius 1 is 1.56 bits per heavy atom. The van der Waals surface area contributed by atoms with Crippen molar-refractivity contribution in [2.75, 3.05) is 6.54 Å². The van der Waals surface area contributed by atoms with Crippen LogP contribution < -0.4 is 0 Å². The number of carbonyl (C=O) groups is 1. The molecule has 0 saturated carbocycles. The maximum Gasteiger partial charge on any atom is 0.323 e. The van der Waals surface area contributed by atoms with Crippen LogP contribution in [0, 0.1) is 0 Å². The van der Waals surface area contributed by atoms with Gasteiger partial charge in [0, 0.05) is 11.4 Å². The Bertz CT molecular complexity index is 394. The molecule has 4 heteroatoms. The monoisotopic (exact) mass is 267 g/mol. The van der Waals surface area contributed by atoms with Gasteiger partial charge in [-0.3, -0.25) is 9.69 Å². The molecule has 2 rings (SSSR count). The zero-order valence-corrected chi connectivity index (χ0v) is 12.1. The Labute approximate surface area is 113 Å². The van der Waals surface area contributed by atoms with Crippen LogP contribution in [0.25, 0.3) is 0 Å². The molecule has 1 aliphatic heterocycles. The lowest BCUT2D eigenvalue weighted by Gasteiger charge is -2.27. The molecule has 1 aromatic rings. The highest BCUT2D eigenvalue weighted by atomic mass is 32.1. The maximum absolute atomic E-state index is 12.1. The van der Waals surface area contributed by atoms with Crippen LogP contribution in [0.1, 0.15) is 38.5 Å². The Morgan fingerprint density at radius 2 is 2.33 bits per heavy atom.